The molecule has 15 heavy (non-hydrogen) atoms. The van der Waals surface area contributed by atoms with Crippen LogP contribution in [0, 0.1) is 0 Å². The molecule has 0 aliphatic heterocycles. The van der Waals surface area contributed by atoms with Crippen molar-refractivity contribution in [3.05, 3.63) is 18.0 Å². The number of hydrogen-bond donors (Lipinski definition) is 2. The number of hydrogen-bond acceptors (Lipinski definition) is 2. The zero-order chi connectivity index (χ0) is 10.7. The van der Waals surface area contributed by atoms with Gasteiger partial charge in [0.05, 0.1) is 0 Å². The Morgan fingerprint density at radius 2 is 2.47 bits per heavy atom. The van der Waals surface area contributed by atoms with E-state index in [9.17, 15) is 8.78 Å². The predicted octanol–water partition coefficient (Wildman–Crippen LogP) is 2.08. The minimum atomic E-state index is -2.48. The second-order valence-corrected chi connectivity index (χ2v) is 4.11. The number of rotatable bonds is 3. The molecule has 1 atom stereocenters. The van der Waals surface area contributed by atoms with Crippen LogP contribution in [0.2, 0.25) is 0 Å². The van der Waals surface area contributed by atoms with Gasteiger partial charge in [-0.1, -0.05) is 0 Å². The number of H-pyrrole nitrogens is 1. The van der Waals surface area contributed by atoms with Crippen LogP contribution < -0.4 is 5.32 Å². The van der Waals surface area contributed by atoms with Crippen molar-refractivity contribution in [2.45, 2.75) is 44.2 Å². The Balaban J connectivity index is 1.80. The Morgan fingerprint density at radius 1 is 1.60 bits per heavy atom. The molecule has 0 spiro atoms. The summed E-state index contributed by atoms with van der Waals surface area (Å²) in [5.74, 6) is -2.48. The van der Waals surface area contributed by atoms with Gasteiger partial charge in [0, 0.05) is 37.3 Å². The van der Waals surface area contributed by atoms with Gasteiger partial charge in [-0.2, -0.15) is 5.10 Å². The molecule has 0 aromatic carbocycles. The van der Waals surface area contributed by atoms with Gasteiger partial charge in [-0.3, -0.25) is 5.10 Å². The molecule has 84 valence electrons. The van der Waals surface area contributed by atoms with Crippen LogP contribution in [0.5, 0.6) is 0 Å². The Kier molecular flexibility index (Phi) is 3.00. The summed E-state index contributed by atoms with van der Waals surface area (Å²) in [6.45, 7) is 0.584. The lowest BCUT2D eigenvalue weighted by Gasteiger charge is -2.29. The molecule has 0 radical (unpaired) electrons. The van der Waals surface area contributed by atoms with E-state index in [0.717, 1.165) is 12.1 Å². The standard InChI is InChI=1S/C10H15F2N3/c11-10(12)4-1-2-8(6-10)13-7-9-3-5-14-15-9/h3,5,8,13H,1-2,4,6-7H2,(H,14,15). The van der Waals surface area contributed by atoms with E-state index in [1.54, 1.807) is 6.20 Å². The minimum absolute atomic E-state index is 0.0369. The molecule has 5 heteroatoms. The first-order valence-electron chi connectivity index (χ1n) is 5.25. The summed E-state index contributed by atoms with van der Waals surface area (Å²) >= 11 is 0. The van der Waals surface area contributed by atoms with Crippen LogP contribution in [0.4, 0.5) is 8.78 Å². The third-order valence-electron chi connectivity index (χ3n) is 2.78. The number of alkyl halides is 2. The lowest BCUT2D eigenvalue weighted by molar-refractivity contribution is -0.0443. The molecule has 1 fully saturated rings. The molecular formula is C10H15F2N3. The van der Waals surface area contributed by atoms with Crippen molar-refractivity contribution >= 4 is 0 Å². The number of nitrogens with one attached hydrogen (secondary N) is 2. The Hall–Kier alpha value is -0.970. The summed E-state index contributed by atoms with van der Waals surface area (Å²) in [4.78, 5) is 0. The van der Waals surface area contributed by atoms with E-state index in [0.29, 0.717) is 13.0 Å². The molecule has 1 heterocycles. The number of nitrogens with zero attached hydrogens (tertiary/aromatic N) is 1. The van der Waals surface area contributed by atoms with Gasteiger partial charge in [-0.05, 0) is 18.9 Å². The molecule has 1 aromatic rings. The molecule has 1 unspecified atom stereocenters. The van der Waals surface area contributed by atoms with Crippen molar-refractivity contribution < 1.29 is 8.78 Å². The summed E-state index contributed by atoms with van der Waals surface area (Å²) in [7, 11) is 0. The van der Waals surface area contributed by atoms with E-state index in [-0.39, 0.29) is 18.9 Å². The van der Waals surface area contributed by atoms with Crippen LogP contribution in [0.1, 0.15) is 31.4 Å². The summed E-state index contributed by atoms with van der Waals surface area (Å²) in [6, 6.07) is 1.77. The number of aromatic nitrogens is 2. The molecule has 2 N–H and O–H groups in total. The van der Waals surface area contributed by atoms with Gasteiger partial charge in [0.2, 0.25) is 5.92 Å². The first kappa shape index (κ1) is 10.5. The Morgan fingerprint density at radius 3 is 3.13 bits per heavy atom. The maximum atomic E-state index is 13.1. The smallest absolute Gasteiger partial charge is 0.249 e. The summed E-state index contributed by atoms with van der Waals surface area (Å²) in [6.07, 6.45) is 3.10. The average molecular weight is 215 g/mol. The maximum Gasteiger partial charge on any atom is 0.249 e. The highest BCUT2D eigenvalue weighted by Crippen LogP contribution is 2.33. The molecule has 3 nitrogen and oxygen atoms in total. The summed E-state index contributed by atoms with van der Waals surface area (Å²) in [5.41, 5.74) is 0.934. The van der Waals surface area contributed by atoms with E-state index >= 15 is 0 Å². The van der Waals surface area contributed by atoms with E-state index in [1.807, 2.05) is 6.07 Å². The Labute approximate surface area is 87.3 Å². The second-order valence-electron chi connectivity index (χ2n) is 4.11. The average Bonchev–Trinajstić information content (AvgIpc) is 2.65. The highest BCUT2D eigenvalue weighted by atomic mass is 19.3. The van der Waals surface area contributed by atoms with Crippen molar-refractivity contribution in [2.75, 3.05) is 0 Å². The molecule has 1 aliphatic carbocycles. The molecule has 2 rings (SSSR count). The van der Waals surface area contributed by atoms with Crippen LogP contribution in [-0.2, 0) is 6.54 Å². The SMILES string of the molecule is FC1(F)CCCC(NCc2ccn[nH]2)C1. The van der Waals surface area contributed by atoms with Gasteiger partial charge in [0.15, 0.2) is 0 Å². The van der Waals surface area contributed by atoms with Crippen molar-refractivity contribution in [3.8, 4) is 0 Å². The topological polar surface area (TPSA) is 40.7 Å². The van der Waals surface area contributed by atoms with E-state index in [2.05, 4.69) is 15.5 Å². The minimum Gasteiger partial charge on any atom is -0.308 e. The third kappa shape index (κ3) is 2.99. The van der Waals surface area contributed by atoms with Crippen molar-refractivity contribution in [3.63, 3.8) is 0 Å². The molecular weight excluding hydrogens is 200 g/mol. The normalized spacial score (nSPS) is 25.3. The Bertz CT molecular complexity index is 298. The van der Waals surface area contributed by atoms with Crippen molar-refractivity contribution in [1.82, 2.24) is 15.5 Å². The van der Waals surface area contributed by atoms with Gasteiger partial charge in [-0.15, -0.1) is 0 Å². The lowest BCUT2D eigenvalue weighted by atomic mass is 9.92. The highest BCUT2D eigenvalue weighted by Gasteiger charge is 2.35. The largest absolute Gasteiger partial charge is 0.308 e. The molecule has 1 aliphatic rings. The first-order chi connectivity index (χ1) is 7.16. The van der Waals surface area contributed by atoms with Crippen LogP contribution in [0.25, 0.3) is 0 Å². The quantitative estimate of drug-likeness (QED) is 0.810. The van der Waals surface area contributed by atoms with Crippen molar-refractivity contribution in [2.24, 2.45) is 0 Å². The van der Waals surface area contributed by atoms with Gasteiger partial charge in [-0.25, -0.2) is 8.78 Å². The molecule has 0 bridgehead atoms. The van der Waals surface area contributed by atoms with E-state index in [4.69, 9.17) is 0 Å². The van der Waals surface area contributed by atoms with Crippen molar-refractivity contribution in [1.29, 1.82) is 0 Å². The molecule has 0 amide bonds. The summed E-state index contributed by atoms with van der Waals surface area (Å²) in [5, 5.41) is 9.73. The van der Waals surface area contributed by atoms with Crippen LogP contribution in [0.15, 0.2) is 12.3 Å². The fourth-order valence-corrected chi connectivity index (χ4v) is 1.98. The maximum absolute atomic E-state index is 13.1. The fourth-order valence-electron chi connectivity index (χ4n) is 1.98. The lowest BCUT2D eigenvalue weighted by Crippen LogP contribution is -2.38. The van der Waals surface area contributed by atoms with Gasteiger partial charge >= 0.3 is 0 Å². The highest BCUT2D eigenvalue weighted by molar-refractivity contribution is 4.97. The monoisotopic (exact) mass is 215 g/mol. The van der Waals surface area contributed by atoms with Gasteiger partial charge in [0.25, 0.3) is 0 Å². The van der Waals surface area contributed by atoms with E-state index < -0.39 is 5.92 Å². The second kappa shape index (κ2) is 4.26. The molecule has 1 saturated carbocycles. The van der Waals surface area contributed by atoms with E-state index in [1.165, 1.54) is 0 Å². The fraction of sp³-hybridized carbons (Fsp3) is 0.700. The van der Waals surface area contributed by atoms with Gasteiger partial charge in [0.1, 0.15) is 0 Å². The zero-order valence-electron chi connectivity index (χ0n) is 8.47. The predicted molar refractivity (Wildman–Crippen MR) is 52.6 cm³/mol. The molecule has 0 saturated heterocycles. The molecule has 1 aromatic heterocycles. The zero-order valence-corrected chi connectivity index (χ0v) is 8.47. The van der Waals surface area contributed by atoms with Crippen LogP contribution in [0.3, 0.4) is 0 Å². The number of aromatic amines is 1. The number of halogens is 2. The third-order valence-corrected chi connectivity index (χ3v) is 2.78. The van der Waals surface area contributed by atoms with Crippen LogP contribution >= 0.6 is 0 Å². The summed E-state index contributed by atoms with van der Waals surface area (Å²) < 4.78 is 26.1. The van der Waals surface area contributed by atoms with Gasteiger partial charge < -0.3 is 5.32 Å². The first-order valence-corrected chi connectivity index (χ1v) is 5.25. The van der Waals surface area contributed by atoms with Crippen LogP contribution in [-0.4, -0.2) is 22.2 Å².